The lowest BCUT2D eigenvalue weighted by molar-refractivity contribution is -0.0117. The molecule has 9 heteroatoms. The molecular weight excluding hydrogens is 461 g/mol. The first kappa shape index (κ1) is 24.0. The van der Waals surface area contributed by atoms with Gasteiger partial charge < -0.3 is 19.0 Å². The number of rotatable bonds is 2. The van der Waals surface area contributed by atoms with Crippen molar-refractivity contribution in [2.24, 2.45) is 0 Å². The van der Waals surface area contributed by atoms with Gasteiger partial charge in [0.1, 0.15) is 16.9 Å². The smallest absolute Gasteiger partial charge is 0.410 e. The van der Waals surface area contributed by atoms with Gasteiger partial charge in [-0.2, -0.15) is 0 Å². The van der Waals surface area contributed by atoms with Crippen LogP contribution >= 0.6 is 11.6 Å². The molecule has 0 spiro atoms. The summed E-state index contributed by atoms with van der Waals surface area (Å²) >= 11 is 6.42. The zero-order chi connectivity index (χ0) is 24.8. The standard InChI is InChI=1S/C25H27ClFN3O4/c1-24(2,3)34-23(32)29-10-11-30(25(4,5)14-29)22(31)20-13-19-21(33-20)17(26)12-18(28-19)15-6-8-16(27)9-7-15/h6-9,12-13H,10-11,14H2,1-5H3. The van der Waals surface area contributed by atoms with Gasteiger partial charge in [-0.25, -0.2) is 14.2 Å². The van der Waals surface area contributed by atoms with Gasteiger partial charge in [-0.15, -0.1) is 0 Å². The minimum absolute atomic E-state index is 0.111. The van der Waals surface area contributed by atoms with Crippen LogP contribution in [-0.2, 0) is 4.74 Å². The van der Waals surface area contributed by atoms with Crippen LogP contribution in [0.25, 0.3) is 22.4 Å². The van der Waals surface area contributed by atoms with Crippen molar-refractivity contribution in [3.8, 4) is 11.3 Å². The van der Waals surface area contributed by atoms with E-state index < -0.39 is 17.2 Å². The van der Waals surface area contributed by atoms with Crippen molar-refractivity contribution < 1.29 is 23.1 Å². The fourth-order valence-electron chi connectivity index (χ4n) is 4.00. The summed E-state index contributed by atoms with van der Waals surface area (Å²) in [4.78, 5) is 33.7. The summed E-state index contributed by atoms with van der Waals surface area (Å²) in [6.07, 6.45) is -0.402. The predicted molar refractivity (Wildman–Crippen MR) is 127 cm³/mol. The molecule has 180 valence electrons. The van der Waals surface area contributed by atoms with Gasteiger partial charge in [-0.1, -0.05) is 11.6 Å². The van der Waals surface area contributed by atoms with Crippen LogP contribution in [0.5, 0.6) is 0 Å². The number of halogens is 2. The van der Waals surface area contributed by atoms with Crippen molar-refractivity contribution in [1.82, 2.24) is 14.8 Å². The summed E-state index contributed by atoms with van der Waals surface area (Å²) in [5.41, 5.74) is 0.729. The molecule has 2 amide bonds. The molecule has 0 aliphatic carbocycles. The second-order valence-corrected chi connectivity index (χ2v) is 10.4. The molecule has 1 aromatic carbocycles. The Hall–Kier alpha value is -3.13. The van der Waals surface area contributed by atoms with Crippen LogP contribution in [0.2, 0.25) is 5.02 Å². The van der Waals surface area contributed by atoms with Crippen LogP contribution in [0.15, 0.2) is 40.8 Å². The summed E-state index contributed by atoms with van der Waals surface area (Å²) < 4.78 is 24.6. The Morgan fingerprint density at radius 1 is 1.15 bits per heavy atom. The zero-order valence-corrected chi connectivity index (χ0v) is 20.6. The highest BCUT2D eigenvalue weighted by atomic mass is 35.5. The molecule has 2 aromatic heterocycles. The third-order valence-electron chi connectivity index (χ3n) is 5.58. The molecule has 3 aromatic rings. The Morgan fingerprint density at radius 3 is 2.44 bits per heavy atom. The number of hydrogen-bond acceptors (Lipinski definition) is 5. The quantitative estimate of drug-likeness (QED) is 0.459. The molecule has 7 nitrogen and oxygen atoms in total. The van der Waals surface area contributed by atoms with Crippen molar-refractivity contribution in [1.29, 1.82) is 0 Å². The van der Waals surface area contributed by atoms with E-state index in [9.17, 15) is 14.0 Å². The number of amides is 2. The van der Waals surface area contributed by atoms with E-state index in [1.165, 1.54) is 12.1 Å². The first-order valence-corrected chi connectivity index (χ1v) is 11.4. The maximum atomic E-state index is 13.4. The number of carbonyl (C=O) groups is 2. The summed E-state index contributed by atoms with van der Waals surface area (Å²) in [7, 11) is 0. The minimum Gasteiger partial charge on any atom is -0.448 e. The normalized spacial score (nSPS) is 16.1. The third kappa shape index (κ3) is 4.87. The Balaban J connectivity index is 1.57. The number of ether oxygens (including phenoxy) is 1. The maximum Gasteiger partial charge on any atom is 0.410 e. The summed E-state index contributed by atoms with van der Waals surface area (Å²) in [6, 6.07) is 9.10. The van der Waals surface area contributed by atoms with E-state index in [4.69, 9.17) is 20.8 Å². The van der Waals surface area contributed by atoms with Gasteiger partial charge in [0.2, 0.25) is 0 Å². The molecule has 0 radical (unpaired) electrons. The number of fused-ring (bicyclic) bond motifs is 1. The Morgan fingerprint density at radius 2 is 1.82 bits per heavy atom. The van der Waals surface area contributed by atoms with Gasteiger partial charge in [0.05, 0.1) is 16.3 Å². The largest absolute Gasteiger partial charge is 0.448 e. The van der Waals surface area contributed by atoms with E-state index in [-0.39, 0.29) is 17.5 Å². The van der Waals surface area contributed by atoms with Crippen molar-refractivity contribution >= 4 is 34.7 Å². The van der Waals surface area contributed by atoms with Gasteiger partial charge in [0, 0.05) is 31.3 Å². The molecule has 0 atom stereocenters. The first-order chi connectivity index (χ1) is 15.8. The zero-order valence-electron chi connectivity index (χ0n) is 19.8. The number of carbonyl (C=O) groups excluding carboxylic acids is 2. The molecule has 1 fully saturated rings. The van der Waals surface area contributed by atoms with E-state index in [0.717, 1.165) is 0 Å². The van der Waals surface area contributed by atoms with Gasteiger partial charge in [-0.3, -0.25) is 4.79 Å². The van der Waals surface area contributed by atoms with Crippen LogP contribution < -0.4 is 0 Å². The van der Waals surface area contributed by atoms with E-state index >= 15 is 0 Å². The number of pyridine rings is 1. The molecule has 1 aliphatic heterocycles. The highest BCUT2D eigenvalue weighted by Crippen LogP contribution is 2.32. The Kier molecular flexibility index (Phi) is 6.06. The van der Waals surface area contributed by atoms with Crippen molar-refractivity contribution in [2.75, 3.05) is 19.6 Å². The number of piperazine rings is 1. The topological polar surface area (TPSA) is 75.9 Å². The fraction of sp³-hybridized carbons (Fsp3) is 0.400. The van der Waals surface area contributed by atoms with Crippen LogP contribution in [-0.4, -0.2) is 57.6 Å². The average molecular weight is 488 g/mol. The predicted octanol–water partition coefficient (Wildman–Crippen LogP) is 5.76. The lowest BCUT2D eigenvalue weighted by Gasteiger charge is -2.46. The van der Waals surface area contributed by atoms with E-state index in [1.54, 1.807) is 34.1 Å². The minimum atomic E-state index is -0.651. The number of nitrogens with zero attached hydrogens (tertiary/aromatic N) is 3. The van der Waals surface area contributed by atoms with Crippen LogP contribution in [0.1, 0.15) is 45.2 Å². The summed E-state index contributed by atoms with van der Waals surface area (Å²) in [5.74, 6) is -0.549. The van der Waals surface area contributed by atoms with Crippen LogP contribution in [0.4, 0.5) is 9.18 Å². The molecule has 0 unspecified atom stereocenters. The van der Waals surface area contributed by atoms with Crippen LogP contribution in [0, 0.1) is 5.82 Å². The lowest BCUT2D eigenvalue weighted by atomic mass is 9.98. The van der Waals surface area contributed by atoms with Gasteiger partial charge in [0.15, 0.2) is 11.3 Å². The molecule has 1 aliphatic rings. The summed E-state index contributed by atoms with van der Waals surface area (Å²) in [6.45, 7) is 10.2. The second-order valence-electron chi connectivity index (χ2n) is 9.99. The van der Waals surface area contributed by atoms with Crippen molar-refractivity contribution in [3.63, 3.8) is 0 Å². The second kappa shape index (κ2) is 8.58. The maximum absolute atomic E-state index is 13.4. The van der Waals surface area contributed by atoms with E-state index in [2.05, 4.69) is 4.98 Å². The Labute approximate surface area is 202 Å². The van der Waals surface area contributed by atoms with Crippen molar-refractivity contribution in [3.05, 3.63) is 53.0 Å². The SMILES string of the molecule is CC(C)(C)OC(=O)N1CCN(C(=O)c2cc3nc(-c4ccc(F)cc4)cc(Cl)c3o2)C(C)(C)C1. The lowest BCUT2D eigenvalue weighted by Crippen LogP contribution is -2.62. The molecule has 0 saturated carbocycles. The molecule has 0 N–H and O–H groups in total. The van der Waals surface area contributed by atoms with Crippen molar-refractivity contribution in [2.45, 2.75) is 45.8 Å². The number of hydrogen-bond donors (Lipinski definition) is 0. The number of aromatic nitrogens is 1. The van der Waals surface area contributed by atoms with Gasteiger partial charge >= 0.3 is 6.09 Å². The summed E-state index contributed by atoms with van der Waals surface area (Å²) in [5, 5.41) is 0.303. The Bertz CT molecular complexity index is 1250. The highest BCUT2D eigenvalue weighted by molar-refractivity contribution is 6.35. The fourth-order valence-corrected chi connectivity index (χ4v) is 4.24. The van der Waals surface area contributed by atoms with E-state index in [0.29, 0.717) is 47.0 Å². The van der Waals surface area contributed by atoms with Gasteiger partial charge in [0.25, 0.3) is 5.91 Å². The molecule has 34 heavy (non-hydrogen) atoms. The monoisotopic (exact) mass is 487 g/mol. The number of furan rings is 1. The highest BCUT2D eigenvalue weighted by Gasteiger charge is 2.40. The molecule has 4 rings (SSSR count). The van der Waals surface area contributed by atoms with Crippen LogP contribution in [0.3, 0.4) is 0 Å². The molecule has 0 bridgehead atoms. The first-order valence-electron chi connectivity index (χ1n) is 11.0. The molecular formula is C25H27ClFN3O4. The number of benzene rings is 1. The molecule has 1 saturated heterocycles. The average Bonchev–Trinajstić information content (AvgIpc) is 3.17. The van der Waals surface area contributed by atoms with Gasteiger partial charge in [-0.05, 0) is 65.0 Å². The molecule has 3 heterocycles. The van der Waals surface area contributed by atoms with E-state index in [1.807, 2.05) is 34.6 Å². The third-order valence-corrected chi connectivity index (χ3v) is 5.86.